The van der Waals surface area contributed by atoms with E-state index in [1.165, 1.54) is 44.8 Å². The lowest BCUT2D eigenvalue weighted by atomic mass is 10.0. The Hall–Kier alpha value is 0.270. The van der Waals surface area contributed by atoms with Crippen LogP contribution in [0.2, 0.25) is 0 Å². The lowest BCUT2D eigenvalue weighted by molar-refractivity contribution is 0.209. The number of hydrogen-bond donors (Lipinski definition) is 1. The van der Waals surface area contributed by atoms with Crippen molar-refractivity contribution in [2.75, 3.05) is 31.9 Å². The van der Waals surface area contributed by atoms with Crippen molar-refractivity contribution in [3.05, 3.63) is 0 Å². The third-order valence-electron chi connectivity index (χ3n) is 4.45. The van der Waals surface area contributed by atoms with Gasteiger partial charge < -0.3 is 5.32 Å². The largest absolute Gasteiger partial charge is 0.316 e. The van der Waals surface area contributed by atoms with E-state index in [1.54, 1.807) is 0 Å². The lowest BCUT2D eigenvalue weighted by Gasteiger charge is -2.36. The quantitative estimate of drug-likeness (QED) is 0.728. The van der Waals surface area contributed by atoms with Gasteiger partial charge in [0.2, 0.25) is 0 Å². The molecule has 0 aromatic rings. The number of nitrogens with zero attached hydrogens (tertiary/aromatic N) is 1. The normalized spacial score (nSPS) is 47.0. The van der Waals surface area contributed by atoms with Crippen LogP contribution in [0.5, 0.6) is 0 Å². The molecule has 4 atom stereocenters. The molecule has 3 fully saturated rings. The second-order valence-electron chi connectivity index (χ2n) is 5.42. The monoisotopic (exact) mass is 226 g/mol. The molecular weight excluding hydrogens is 204 g/mol. The van der Waals surface area contributed by atoms with E-state index < -0.39 is 0 Å². The summed E-state index contributed by atoms with van der Waals surface area (Å²) >= 11 is 2.18. The summed E-state index contributed by atoms with van der Waals surface area (Å²) in [5.41, 5.74) is 0. The maximum atomic E-state index is 3.53. The van der Waals surface area contributed by atoms with Gasteiger partial charge in [-0.25, -0.2) is 0 Å². The Morgan fingerprint density at radius 1 is 1.20 bits per heavy atom. The molecule has 1 N–H and O–H groups in total. The highest BCUT2D eigenvalue weighted by molar-refractivity contribution is 7.99. The van der Waals surface area contributed by atoms with Crippen LogP contribution in [-0.2, 0) is 0 Å². The molecule has 0 radical (unpaired) electrons. The number of rotatable bonds is 1. The van der Waals surface area contributed by atoms with Crippen molar-refractivity contribution in [1.29, 1.82) is 0 Å². The molecule has 0 amide bonds. The van der Waals surface area contributed by atoms with Crippen LogP contribution < -0.4 is 5.32 Å². The SMILES string of the molecule is CC1SCCCC1N1C[C@H]2CNC[C@H]2C1. The molecule has 3 aliphatic heterocycles. The zero-order chi connectivity index (χ0) is 10.3. The highest BCUT2D eigenvalue weighted by atomic mass is 32.2. The second kappa shape index (κ2) is 4.27. The minimum atomic E-state index is 0.866. The first-order valence-corrected chi connectivity index (χ1v) is 7.46. The van der Waals surface area contributed by atoms with Gasteiger partial charge in [0.25, 0.3) is 0 Å². The molecule has 86 valence electrons. The van der Waals surface area contributed by atoms with Crippen LogP contribution in [0.15, 0.2) is 0 Å². The molecule has 0 aromatic heterocycles. The third kappa shape index (κ3) is 1.94. The summed E-state index contributed by atoms with van der Waals surface area (Å²) in [4.78, 5) is 2.80. The van der Waals surface area contributed by atoms with E-state index in [1.807, 2.05) is 0 Å². The van der Waals surface area contributed by atoms with E-state index in [2.05, 4.69) is 28.9 Å². The van der Waals surface area contributed by atoms with Gasteiger partial charge in [-0.1, -0.05) is 6.92 Å². The molecule has 0 saturated carbocycles. The second-order valence-corrected chi connectivity index (χ2v) is 6.90. The van der Waals surface area contributed by atoms with Crippen LogP contribution in [0.3, 0.4) is 0 Å². The summed E-state index contributed by atoms with van der Waals surface area (Å²) in [5, 5.41) is 4.39. The smallest absolute Gasteiger partial charge is 0.0212 e. The molecule has 2 unspecified atom stereocenters. The Bertz CT molecular complexity index is 222. The van der Waals surface area contributed by atoms with Gasteiger partial charge in [0, 0.05) is 24.4 Å². The fraction of sp³-hybridized carbons (Fsp3) is 1.00. The molecular formula is C12H22N2S. The Morgan fingerprint density at radius 3 is 2.60 bits per heavy atom. The molecule has 15 heavy (non-hydrogen) atoms. The van der Waals surface area contributed by atoms with Crippen LogP contribution in [0.1, 0.15) is 19.8 Å². The first kappa shape index (κ1) is 10.4. The molecule has 0 aromatic carbocycles. The number of hydrogen-bond acceptors (Lipinski definition) is 3. The summed E-state index contributed by atoms with van der Waals surface area (Å²) in [6.07, 6.45) is 2.88. The Kier molecular flexibility index (Phi) is 2.97. The first-order chi connectivity index (χ1) is 7.34. The summed E-state index contributed by atoms with van der Waals surface area (Å²) in [7, 11) is 0. The molecule has 0 bridgehead atoms. The van der Waals surface area contributed by atoms with Crippen molar-refractivity contribution in [1.82, 2.24) is 10.2 Å². The molecule has 0 spiro atoms. The Balaban J connectivity index is 1.63. The summed E-state index contributed by atoms with van der Waals surface area (Å²) in [6.45, 7) is 7.71. The predicted octanol–water partition coefficient (Wildman–Crippen LogP) is 1.42. The molecule has 3 saturated heterocycles. The zero-order valence-electron chi connectivity index (χ0n) is 9.61. The van der Waals surface area contributed by atoms with E-state index in [0.29, 0.717) is 0 Å². The Labute approximate surface area is 97.2 Å². The van der Waals surface area contributed by atoms with Crippen LogP contribution in [0.25, 0.3) is 0 Å². The minimum Gasteiger partial charge on any atom is -0.316 e. The number of fused-ring (bicyclic) bond motifs is 1. The number of likely N-dealkylation sites (tertiary alicyclic amines) is 1. The average Bonchev–Trinajstić information content (AvgIpc) is 2.77. The minimum absolute atomic E-state index is 0.866. The van der Waals surface area contributed by atoms with Crippen LogP contribution >= 0.6 is 11.8 Å². The molecule has 2 nitrogen and oxygen atoms in total. The average molecular weight is 226 g/mol. The van der Waals surface area contributed by atoms with Crippen molar-refractivity contribution in [3.8, 4) is 0 Å². The molecule has 3 heteroatoms. The highest BCUT2D eigenvalue weighted by Gasteiger charge is 2.40. The predicted molar refractivity (Wildman–Crippen MR) is 66.4 cm³/mol. The van der Waals surface area contributed by atoms with Crippen LogP contribution in [0, 0.1) is 11.8 Å². The van der Waals surface area contributed by atoms with Gasteiger partial charge in [-0.2, -0.15) is 11.8 Å². The van der Waals surface area contributed by atoms with Crippen LogP contribution in [-0.4, -0.2) is 48.1 Å². The molecule has 3 heterocycles. The van der Waals surface area contributed by atoms with Gasteiger partial charge in [-0.05, 0) is 43.5 Å². The zero-order valence-corrected chi connectivity index (χ0v) is 10.4. The van der Waals surface area contributed by atoms with Gasteiger partial charge in [0.1, 0.15) is 0 Å². The lowest BCUT2D eigenvalue weighted by Crippen LogP contribution is -2.43. The maximum absolute atomic E-state index is 3.53. The van der Waals surface area contributed by atoms with Crippen molar-refractivity contribution in [3.63, 3.8) is 0 Å². The first-order valence-electron chi connectivity index (χ1n) is 6.41. The van der Waals surface area contributed by atoms with E-state index in [-0.39, 0.29) is 0 Å². The number of thioether (sulfide) groups is 1. The summed E-state index contributed by atoms with van der Waals surface area (Å²) in [6, 6.07) is 0.884. The van der Waals surface area contributed by atoms with Crippen molar-refractivity contribution < 1.29 is 0 Å². The van der Waals surface area contributed by atoms with Gasteiger partial charge in [0.05, 0.1) is 0 Å². The van der Waals surface area contributed by atoms with E-state index in [0.717, 1.165) is 23.1 Å². The van der Waals surface area contributed by atoms with Crippen LogP contribution in [0.4, 0.5) is 0 Å². The highest BCUT2D eigenvalue weighted by Crippen LogP contribution is 2.34. The summed E-state index contributed by atoms with van der Waals surface area (Å²) in [5.74, 6) is 3.31. The topological polar surface area (TPSA) is 15.3 Å². The number of nitrogens with one attached hydrogen (secondary N) is 1. The molecule has 0 aliphatic carbocycles. The third-order valence-corrected chi connectivity index (χ3v) is 5.82. The van der Waals surface area contributed by atoms with Gasteiger partial charge >= 0.3 is 0 Å². The Morgan fingerprint density at radius 2 is 1.93 bits per heavy atom. The van der Waals surface area contributed by atoms with E-state index in [4.69, 9.17) is 0 Å². The van der Waals surface area contributed by atoms with Crippen molar-refractivity contribution in [2.45, 2.75) is 31.1 Å². The van der Waals surface area contributed by atoms with Gasteiger partial charge in [-0.3, -0.25) is 4.90 Å². The fourth-order valence-electron chi connectivity index (χ4n) is 3.55. The van der Waals surface area contributed by atoms with Gasteiger partial charge in [0.15, 0.2) is 0 Å². The fourth-order valence-corrected chi connectivity index (χ4v) is 4.78. The molecule has 3 aliphatic rings. The van der Waals surface area contributed by atoms with E-state index >= 15 is 0 Å². The van der Waals surface area contributed by atoms with Crippen molar-refractivity contribution >= 4 is 11.8 Å². The molecule has 3 rings (SSSR count). The maximum Gasteiger partial charge on any atom is 0.0212 e. The summed E-state index contributed by atoms with van der Waals surface area (Å²) < 4.78 is 0. The standard InChI is InChI=1S/C12H22N2S/c1-9-12(3-2-4-15-9)14-7-10-5-13-6-11(10)8-14/h9-13H,2-8H2,1H3/t9?,10-,11+,12?. The van der Waals surface area contributed by atoms with Gasteiger partial charge in [-0.15, -0.1) is 0 Å². The van der Waals surface area contributed by atoms with E-state index in [9.17, 15) is 0 Å². The van der Waals surface area contributed by atoms with Crippen molar-refractivity contribution in [2.24, 2.45) is 11.8 Å².